The number of H-pyrrole nitrogens is 1. The molecule has 0 saturated carbocycles. The van der Waals surface area contributed by atoms with E-state index in [4.69, 9.17) is 12.2 Å². The molecule has 0 aliphatic carbocycles. The Morgan fingerprint density at radius 2 is 2.00 bits per heavy atom. The minimum atomic E-state index is -4.36. The van der Waals surface area contributed by atoms with Crippen LogP contribution in [0.3, 0.4) is 0 Å². The third-order valence-corrected chi connectivity index (χ3v) is 2.61. The Morgan fingerprint density at radius 3 is 2.59 bits per heavy atom. The number of halogens is 3. The van der Waals surface area contributed by atoms with Gasteiger partial charge in [-0.2, -0.15) is 18.3 Å². The van der Waals surface area contributed by atoms with Gasteiger partial charge in [-0.1, -0.05) is 18.2 Å². The summed E-state index contributed by atoms with van der Waals surface area (Å²) in [6.45, 7) is 0.0466. The molecule has 0 fully saturated rings. The van der Waals surface area contributed by atoms with Crippen molar-refractivity contribution in [3.05, 3.63) is 46.5 Å². The van der Waals surface area contributed by atoms with Crippen LogP contribution in [-0.4, -0.2) is 14.8 Å². The number of benzene rings is 1. The second kappa shape index (κ2) is 4.33. The first kappa shape index (κ1) is 11.8. The summed E-state index contributed by atoms with van der Waals surface area (Å²) in [6, 6.07) is 5.41. The maximum absolute atomic E-state index is 12.7. The second-order valence-electron chi connectivity index (χ2n) is 3.44. The molecule has 2 rings (SSSR count). The zero-order chi connectivity index (χ0) is 12.5. The molecule has 1 N–H and O–H groups in total. The van der Waals surface area contributed by atoms with Crippen LogP contribution in [0.15, 0.2) is 30.6 Å². The zero-order valence-corrected chi connectivity index (χ0v) is 9.35. The predicted octanol–water partition coefficient (Wildman–Crippen LogP) is 3.01. The number of aromatic amines is 1. The van der Waals surface area contributed by atoms with E-state index in [1.54, 1.807) is 6.07 Å². The molecule has 3 nitrogen and oxygen atoms in total. The third kappa shape index (κ3) is 2.55. The van der Waals surface area contributed by atoms with Gasteiger partial charge in [-0.15, -0.1) is 0 Å². The van der Waals surface area contributed by atoms with Crippen molar-refractivity contribution in [2.45, 2.75) is 12.7 Å². The first-order valence-corrected chi connectivity index (χ1v) is 5.14. The number of hydrogen-bond acceptors (Lipinski definition) is 2. The van der Waals surface area contributed by atoms with Crippen molar-refractivity contribution in [2.75, 3.05) is 0 Å². The Kier molecular flexibility index (Phi) is 3.01. The largest absolute Gasteiger partial charge is 0.416 e. The minimum Gasteiger partial charge on any atom is -0.302 e. The quantitative estimate of drug-likeness (QED) is 0.841. The Morgan fingerprint density at radius 1 is 1.29 bits per heavy atom. The summed E-state index contributed by atoms with van der Waals surface area (Å²) in [6.07, 6.45) is -2.99. The fourth-order valence-electron chi connectivity index (χ4n) is 1.50. The van der Waals surface area contributed by atoms with Crippen LogP contribution < -0.4 is 0 Å². The monoisotopic (exact) mass is 259 g/mol. The van der Waals surface area contributed by atoms with E-state index >= 15 is 0 Å². The van der Waals surface area contributed by atoms with Gasteiger partial charge in [0.15, 0.2) is 4.77 Å². The Hall–Kier alpha value is -1.63. The van der Waals surface area contributed by atoms with Gasteiger partial charge in [0.05, 0.1) is 12.1 Å². The average Bonchev–Trinajstić information content (AvgIpc) is 2.64. The highest BCUT2D eigenvalue weighted by Gasteiger charge is 2.32. The second-order valence-corrected chi connectivity index (χ2v) is 3.83. The van der Waals surface area contributed by atoms with Gasteiger partial charge in [-0.05, 0) is 23.8 Å². The summed E-state index contributed by atoms with van der Waals surface area (Å²) >= 11 is 4.88. The van der Waals surface area contributed by atoms with Gasteiger partial charge in [-0.3, -0.25) is 5.10 Å². The molecule has 0 saturated heterocycles. The fourth-order valence-corrected chi connectivity index (χ4v) is 1.67. The van der Waals surface area contributed by atoms with Gasteiger partial charge >= 0.3 is 6.18 Å². The first-order valence-electron chi connectivity index (χ1n) is 4.73. The van der Waals surface area contributed by atoms with Gasteiger partial charge in [-0.25, -0.2) is 0 Å². The van der Waals surface area contributed by atoms with Crippen LogP contribution in [-0.2, 0) is 12.7 Å². The van der Waals surface area contributed by atoms with E-state index in [0.29, 0.717) is 4.77 Å². The average molecular weight is 259 g/mol. The van der Waals surface area contributed by atoms with Crippen LogP contribution in [0.5, 0.6) is 0 Å². The lowest BCUT2D eigenvalue weighted by molar-refractivity contribution is -0.138. The van der Waals surface area contributed by atoms with Crippen LogP contribution in [0.1, 0.15) is 11.1 Å². The molecule has 1 aromatic heterocycles. The molecule has 0 spiro atoms. The molecule has 0 bridgehead atoms. The van der Waals surface area contributed by atoms with Crippen molar-refractivity contribution in [1.29, 1.82) is 0 Å². The lowest BCUT2D eigenvalue weighted by Gasteiger charge is -2.12. The molecule has 0 amide bonds. The number of nitrogens with zero attached hydrogens (tertiary/aromatic N) is 2. The highest BCUT2D eigenvalue weighted by atomic mass is 32.1. The van der Waals surface area contributed by atoms with Crippen molar-refractivity contribution < 1.29 is 13.2 Å². The molecule has 0 unspecified atom stereocenters. The van der Waals surface area contributed by atoms with Gasteiger partial charge < -0.3 is 4.57 Å². The molecule has 2 aromatic rings. The number of alkyl halides is 3. The van der Waals surface area contributed by atoms with Crippen LogP contribution in [0.2, 0.25) is 0 Å². The predicted molar refractivity (Wildman–Crippen MR) is 58.0 cm³/mol. The number of nitrogens with one attached hydrogen (secondary N) is 1. The van der Waals surface area contributed by atoms with E-state index in [-0.39, 0.29) is 12.1 Å². The summed E-state index contributed by atoms with van der Waals surface area (Å²) in [7, 11) is 0. The number of aromatic nitrogens is 3. The Labute approximate surface area is 99.9 Å². The smallest absolute Gasteiger partial charge is 0.302 e. The first-order chi connectivity index (χ1) is 7.98. The molecule has 1 aromatic carbocycles. The van der Waals surface area contributed by atoms with Crippen LogP contribution >= 0.6 is 12.2 Å². The minimum absolute atomic E-state index is 0.0466. The van der Waals surface area contributed by atoms with Crippen LogP contribution in [0, 0.1) is 4.77 Å². The Balaban J connectivity index is 2.40. The van der Waals surface area contributed by atoms with E-state index in [0.717, 1.165) is 6.07 Å². The fraction of sp³-hybridized carbons (Fsp3) is 0.200. The van der Waals surface area contributed by atoms with Crippen molar-refractivity contribution in [2.24, 2.45) is 0 Å². The van der Waals surface area contributed by atoms with Crippen molar-refractivity contribution in [3.63, 3.8) is 0 Å². The van der Waals surface area contributed by atoms with Crippen LogP contribution in [0.4, 0.5) is 13.2 Å². The van der Waals surface area contributed by atoms with Crippen molar-refractivity contribution in [1.82, 2.24) is 14.8 Å². The molecule has 0 atom stereocenters. The SMILES string of the molecule is FC(F)(F)c1ccccc1Cn1cn[nH]c1=S. The summed E-state index contributed by atoms with van der Waals surface area (Å²) in [5.74, 6) is 0. The Bertz CT molecular complexity index is 570. The molecule has 0 aliphatic rings. The summed E-state index contributed by atoms with van der Waals surface area (Å²) in [4.78, 5) is 0. The van der Waals surface area contributed by atoms with Gasteiger partial charge in [0.2, 0.25) is 0 Å². The van der Waals surface area contributed by atoms with E-state index in [1.165, 1.54) is 23.0 Å². The van der Waals surface area contributed by atoms with Crippen molar-refractivity contribution >= 4 is 12.2 Å². The normalized spacial score (nSPS) is 11.7. The molecular weight excluding hydrogens is 251 g/mol. The van der Waals surface area contributed by atoms with E-state index in [9.17, 15) is 13.2 Å². The molecule has 0 radical (unpaired) electrons. The highest BCUT2D eigenvalue weighted by molar-refractivity contribution is 7.71. The van der Waals surface area contributed by atoms with Gasteiger partial charge in [0.25, 0.3) is 0 Å². The zero-order valence-electron chi connectivity index (χ0n) is 8.53. The molecular formula is C10H8F3N3S. The maximum atomic E-state index is 12.7. The summed E-state index contributed by atoms with van der Waals surface area (Å²) in [5.41, 5.74) is -0.486. The lowest BCUT2D eigenvalue weighted by Crippen LogP contribution is -2.11. The van der Waals surface area contributed by atoms with Gasteiger partial charge in [0, 0.05) is 0 Å². The molecule has 17 heavy (non-hydrogen) atoms. The topological polar surface area (TPSA) is 33.6 Å². The number of hydrogen-bond donors (Lipinski definition) is 1. The van der Waals surface area contributed by atoms with Crippen molar-refractivity contribution in [3.8, 4) is 0 Å². The standard InChI is InChI=1S/C10H8F3N3S/c11-10(12,13)8-4-2-1-3-7(8)5-16-6-14-15-9(16)17/h1-4,6H,5H2,(H,15,17). The summed E-state index contributed by atoms with van der Waals surface area (Å²) < 4.78 is 39.9. The maximum Gasteiger partial charge on any atom is 0.416 e. The van der Waals surface area contributed by atoms with Gasteiger partial charge in [0.1, 0.15) is 6.33 Å². The van der Waals surface area contributed by atoms with Crippen LogP contribution in [0.25, 0.3) is 0 Å². The van der Waals surface area contributed by atoms with E-state index < -0.39 is 11.7 Å². The molecule has 7 heteroatoms. The summed E-state index contributed by atoms with van der Waals surface area (Å²) in [5, 5.41) is 6.16. The molecule has 1 heterocycles. The molecule has 0 aliphatic heterocycles. The van der Waals surface area contributed by atoms with E-state index in [1.807, 2.05) is 0 Å². The lowest BCUT2D eigenvalue weighted by atomic mass is 10.1. The highest BCUT2D eigenvalue weighted by Crippen LogP contribution is 2.32. The number of rotatable bonds is 2. The third-order valence-electron chi connectivity index (χ3n) is 2.28. The van der Waals surface area contributed by atoms with E-state index in [2.05, 4.69) is 10.2 Å². The molecule has 90 valence electrons.